The summed E-state index contributed by atoms with van der Waals surface area (Å²) in [5.74, 6) is -0.867. The van der Waals surface area contributed by atoms with E-state index in [1.165, 1.54) is 12.1 Å². The van der Waals surface area contributed by atoms with Crippen molar-refractivity contribution < 1.29 is 17.6 Å². The summed E-state index contributed by atoms with van der Waals surface area (Å²) in [5.41, 5.74) is 0.229. The second kappa shape index (κ2) is 7.61. The number of halogens is 2. The van der Waals surface area contributed by atoms with Crippen molar-refractivity contribution in [2.24, 2.45) is 0 Å². The van der Waals surface area contributed by atoms with Crippen molar-refractivity contribution in [1.29, 1.82) is 0 Å². The molecule has 1 N–H and O–H groups in total. The molecule has 1 aromatic rings. The Balaban J connectivity index is 2.87. The van der Waals surface area contributed by atoms with Gasteiger partial charge >= 0.3 is 0 Å². The van der Waals surface area contributed by atoms with Crippen LogP contribution in [0.5, 0.6) is 0 Å². The summed E-state index contributed by atoms with van der Waals surface area (Å²) in [7, 11) is -3.59. The van der Waals surface area contributed by atoms with Crippen LogP contribution in [0.15, 0.2) is 18.2 Å². The lowest BCUT2D eigenvalue weighted by molar-refractivity contribution is -0.120. The molecule has 0 bridgehead atoms. The Hall–Kier alpha value is -1.34. The van der Waals surface area contributed by atoms with Crippen LogP contribution in [0, 0.1) is 5.82 Å². The smallest absolute Gasteiger partial charge is 0.232 e. The zero-order valence-electron chi connectivity index (χ0n) is 11.9. The monoisotopic (exact) mass is 336 g/mol. The maximum Gasteiger partial charge on any atom is 0.232 e. The van der Waals surface area contributed by atoms with E-state index in [1.54, 1.807) is 0 Å². The topological polar surface area (TPSA) is 66.5 Å². The van der Waals surface area contributed by atoms with Crippen LogP contribution in [0.3, 0.4) is 0 Å². The second-order valence-electron chi connectivity index (χ2n) is 4.53. The van der Waals surface area contributed by atoms with Crippen molar-refractivity contribution in [3.05, 3.63) is 29.0 Å². The highest BCUT2D eigenvalue weighted by atomic mass is 35.5. The summed E-state index contributed by atoms with van der Waals surface area (Å²) in [6, 6.07) is 3.63. The first-order valence-electron chi connectivity index (χ1n) is 6.45. The quantitative estimate of drug-likeness (QED) is 0.829. The van der Waals surface area contributed by atoms with Gasteiger partial charge in [-0.1, -0.05) is 18.5 Å². The SMILES string of the molecule is CCCNC(=O)CCN(c1ccc(F)c(Cl)c1)S(C)(=O)=O. The van der Waals surface area contributed by atoms with Gasteiger partial charge in [-0.25, -0.2) is 12.8 Å². The van der Waals surface area contributed by atoms with Gasteiger partial charge in [0, 0.05) is 19.5 Å². The van der Waals surface area contributed by atoms with Crippen LogP contribution < -0.4 is 9.62 Å². The van der Waals surface area contributed by atoms with E-state index in [0.717, 1.165) is 23.0 Å². The van der Waals surface area contributed by atoms with Crippen LogP contribution in [0.4, 0.5) is 10.1 Å². The molecule has 5 nitrogen and oxygen atoms in total. The molecule has 0 aliphatic carbocycles. The van der Waals surface area contributed by atoms with Gasteiger partial charge in [-0.3, -0.25) is 9.10 Å². The minimum atomic E-state index is -3.59. The first-order valence-corrected chi connectivity index (χ1v) is 8.67. The Morgan fingerprint density at radius 2 is 2.10 bits per heavy atom. The van der Waals surface area contributed by atoms with Gasteiger partial charge in [-0.05, 0) is 24.6 Å². The van der Waals surface area contributed by atoms with Crippen LogP contribution in [0.2, 0.25) is 5.02 Å². The molecule has 0 saturated carbocycles. The first-order chi connectivity index (χ1) is 9.75. The number of nitrogens with zero attached hydrogens (tertiary/aromatic N) is 1. The highest BCUT2D eigenvalue weighted by molar-refractivity contribution is 7.92. The molecule has 0 fully saturated rings. The van der Waals surface area contributed by atoms with E-state index >= 15 is 0 Å². The summed E-state index contributed by atoms with van der Waals surface area (Å²) in [5, 5.41) is 2.49. The zero-order valence-corrected chi connectivity index (χ0v) is 13.5. The van der Waals surface area contributed by atoms with Gasteiger partial charge in [0.05, 0.1) is 17.0 Å². The molecule has 0 aliphatic heterocycles. The maximum absolute atomic E-state index is 13.1. The highest BCUT2D eigenvalue weighted by Crippen LogP contribution is 2.24. The van der Waals surface area contributed by atoms with E-state index in [1.807, 2.05) is 6.92 Å². The largest absolute Gasteiger partial charge is 0.356 e. The lowest BCUT2D eigenvalue weighted by atomic mass is 10.3. The number of carbonyl (C=O) groups is 1. The summed E-state index contributed by atoms with van der Waals surface area (Å²) in [6.45, 7) is 2.43. The van der Waals surface area contributed by atoms with E-state index < -0.39 is 15.8 Å². The average Bonchev–Trinajstić information content (AvgIpc) is 2.39. The average molecular weight is 337 g/mol. The Labute approximate surface area is 129 Å². The molecule has 0 aromatic heterocycles. The number of carbonyl (C=O) groups excluding carboxylic acids is 1. The molecule has 0 aliphatic rings. The number of nitrogens with one attached hydrogen (secondary N) is 1. The fourth-order valence-electron chi connectivity index (χ4n) is 1.68. The molecule has 0 unspecified atom stereocenters. The summed E-state index contributed by atoms with van der Waals surface area (Å²) < 4.78 is 37.8. The number of rotatable bonds is 7. The predicted octanol–water partition coefficient (Wildman–Crippen LogP) is 2.16. The number of sulfonamides is 1. The zero-order chi connectivity index (χ0) is 16.0. The van der Waals surface area contributed by atoms with Gasteiger partial charge < -0.3 is 5.32 Å². The lowest BCUT2D eigenvalue weighted by Crippen LogP contribution is -2.34. The number of amides is 1. The van der Waals surface area contributed by atoms with Gasteiger partial charge in [-0.2, -0.15) is 0 Å². The molecule has 0 spiro atoms. The van der Waals surface area contributed by atoms with E-state index in [-0.39, 0.29) is 29.6 Å². The van der Waals surface area contributed by atoms with Crippen LogP contribution in [-0.2, 0) is 14.8 Å². The molecule has 118 valence electrons. The van der Waals surface area contributed by atoms with Crippen molar-refractivity contribution in [3.8, 4) is 0 Å². The van der Waals surface area contributed by atoms with Gasteiger partial charge in [0.15, 0.2) is 0 Å². The molecule has 0 atom stereocenters. The van der Waals surface area contributed by atoms with Crippen molar-refractivity contribution in [1.82, 2.24) is 5.32 Å². The van der Waals surface area contributed by atoms with Crippen LogP contribution in [0.1, 0.15) is 19.8 Å². The fraction of sp³-hybridized carbons (Fsp3) is 0.462. The van der Waals surface area contributed by atoms with E-state index in [0.29, 0.717) is 6.54 Å². The van der Waals surface area contributed by atoms with Crippen LogP contribution in [0.25, 0.3) is 0 Å². The number of anilines is 1. The Morgan fingerprint density at radius 1 is 1.43 bits per heavy atom. The standard InChI is InChI=1S/C13H18ClFN2O3S/c1-3-7-16-13(18)6-8-17(21(2,19)20)10-4-5-12(15)11(14)9-10/h4-5,9H,3,6-8H2,1-2H3,(H,16,18). The van der Waals surface area contributed by atoms with Gasteiger partial charge in [0.25, 0.3) is 0 Å². The third-order valence-corrected chi connectivity index (χ3v) is 4.19. The number of benzene rings is 1. The summed E-state index contributed by atoms with van der Waals surface area (Å²) >= 11 is 5.66. The summed E-state index contributed by atoms with van der Waals surface area (Å²) in [6.07, 6.45) is 1.84. The molecule has 1 rings (SSSR count). The van der Waals surface area contributed by atoms with Gasteiger partial charge in [0.1, 0.15) is 5.82 Å². The third-order valence-electron chi connectivity index (χ3n) is 2.71. The van der Waals surface area contributed by atoms with Crippen LogP contribution >= 0.6 is 11.6 Å². The van der Waals surface area contributed by atoms with E-state index in [9.17, 15) is 17.6 Å². The number of hydrogen-bond acceptors (Lipinski definition) is 3. The molecule has 1 amide bonds. The molecule has 8 heteroatoms. The normalized spacial score (nSPS) is 11.2. The lowest BCUT2D eigenvalue weighted by Gasteiger charge is -2.22. The van der Waals surface area contributed by atoms with Crippen molar-refractivity contribution in [2.45, 2.75) is 19.8 Å². The minimum absolute atomic E-state index is 0.0159. The minimum Gasteiger partial charge on any atom is -0.356 e. The second-order valence-corrected chi connectivity index (χ2v) is 6.85. The van der Waals surface area contributed by atoms with Crippen LogP contribution in [-0.4, -0.2) is 33.7 Å². The van der Waals surface area contributed by atoms with E-state index in [4.69, 9.17) is 11.6 Å². The maximum atomic E-state index is 13.1. The molecule has 21 heavy (non-hydrogen) atoms. The Kier molecular flexibility index (Phi) is 6.42. The summed E-state index contributed by atoms with van der Waals surface area (Å²) in [4.78, 5) is 11.6. The van der Waals surface area contributed by atoms with E-state index in [2.05, 4.69) is 5.32 Å². The molecule has 0 radical (unpaired) electrons. The molecular weight excluding hydrogens is 319 g/mol. The molecule has 1 aromatic carbocycles. The molecular formula is C13H18ClFN2O3S. The van der Waals surface area contributed by atoms with Crippen molar-refractivity contribution in [3.63, 3.8) is 0 Å². The Bertz CT molecular complexity index is 607. The Morgan fingerprint density at radius 3 is 2.62 bits per heavy atom. The molecule has 0 heterocycles. The highest BCUT2D eigenvalue weighted by Gasteiger charge is 2.19. The third kappa shape index (κ3) is 5.51. The van der Waals surface area contributed by atoms with Gasteiger partial charge in [0.2, 0.25) is 15.9 Å². The van der Waals surface area contributed by atoms with Crippen molar-refractivity contribution in [2.75, 3.05) is 23.7 Å². The first kappa shape index (κ1) is 17.7. The fourth-order valence-corrected chi connectivity index (χ4v) is 2.78. The van der Waals surface area contributed by atoms with Gasteiger partial charge in [-0.15, -0.1) is 0 Å². The molecule has 0 saturated heterocycles. The predicted molar refractivity (Wildman–Crippen MR) is 81.5 cm³/mol. The van der Waals surface area contributed by atoms with Crippen molar-refractivity contribution >= 4 is 33.2 Å². The number of hydrogen-bond donors (Lipinski definition) is 1.